The van der Waals surface area contributed by atoms with Crippen LogP contribution in [0.3, 0.4) is 0 Å². The number of hydrogen-bond donors (Lipinski definition) is 0. The van der Waals surface area contributed by atoms with Gasteiger partial charge in [-0.1, -0.05) is 12.1 Å². The van der Waals surface area contributed by atoms with Crippen LogP contribution in [0.5, 0.6) is 0 Å². The summed E-state index contributed by atoms with van der Waals surface area (Å²) in [5.74, 6) is 0.162. The van der Waals surface area contributed by atoms with E-state index >= 15 is 0 Å². The smallest absolute Gasteiger partial charge is 0.369 e. The average Bonchev–Trinajstić information content (AvgIpc) is 3.11. The second-order valence-electron chi connectivity index (χ2n) is 5.92. The first-order chi connectivity index (χ1) is 11.1. The lowest BCUT2D eigenvalue weighted by Gasteiger charge is -2.31. The molecule has 0 N–H and O–H groups in total. The van der Waals surface area contributed by atoms with Crippen molar-refractivity contribution in [2.45, 2.75) is 19.8 Å². The number of esters is 2. The van der Waals surface area contributed by atoms with Gasteiger partial charge in [0.25, 0.3) is 0 Å². The van der Waals surface area contributed by atoms with Gasteiger partial charge in [0.2, 0.25) is 5.69 Å². The summed E-state index contributed by atoms with van der Waals surface area (Å²) in [4.78, 5) is 29.8. The lowest BCUT2D eigenvalue weighted by molar-refractivity contribution is 0.0434. The van der Waals surface area contributed by atoms with Crippen LogP contribution in [-0.4, -0.2) is 45.0 Å². The minimum atomic E-state index is -0.761. The minimum Gasteiger partial charge on any atom is -0.383 e. The summed E-state index contributed by atoms with van der Waals surface area (Å²) in [6.07, 6.45) is 3.94. The van der Waals surface area contributed by atoms with Gasteiger partial charge in [-0.2, -0.15) is 0 Å². The van der Waals surface area contributed by atoms with Gasteiger partial charge in [0.05, 0.1) is 11.9 Å². The number of anilines is 1. The molecule has 4 rings (SSSR count). The summed E-state index contributed by atoms with van der Waals surface area (Å²) in [6, 6.07) is 3.70. The standard InChI is InChI=1S/C15H15N5O3/c1-9-4-6-19(7-5-9)11-3-2-10(8-16-11)20-13-12(17-18-20)14(21)23-15(13)22/h2-3,8-9H,4-7H2,1H3. The number of carbonyl (C=O) groups excluding carboxylic acids is 2. The Labute approximate surface area is 132 Å². The third kappa shape index (κ3) is 2.26. The summed E-state index contributed by atoms with van der Waals surface area (Å²) < 4.78 is 5.82. The molecule has 0 atom stereocenters. The Morgan fingerprint density at radius 2 is 1.96 bits per heavy atom. The van der Waals surface area contributed by atoms with Crippen LogP contribution in [0.4, 0.5) is 5.82 Å². The zero-order valence-electron chi connectivity index (χ0n) is 12.6. The first kappa shape index (κ1) is 13.9. The van der Waals surface area contributed by atoms with Crippen molar-refractivity contribution in [1.82, 2.24) is 20.0 Å². The maximum Gasteiger partial charge on any atom is 0.369 e. The van der Waals surface area contributed by atoms with Crippen LogP contribution in [0.15, 0.2) is 18.3 Å². The Hall–Kier alpha value is -2.77. The van der Waals surface area contributed by atoms with Crippen molar-refractivity contribution in [2.24, 2.45) is 5.92 Å². The van der Waals surface area contributed by atoms with Crippen LogP contribution in [0.2, 0.25) is 0 Å². The maximum absolute atomic E-state index is 11.7. The maximum atomic E-state index is 11.7. The normalized spacial score (nSPS) is 18.2. The molecule has 1 saturated heterocycles. The second-order valence-corrected chi connectivity index (χ2v) is 5.92. The SMILES string of the molecule is CC1CCN(c2ccc(-n3nnc4c3C(=O)OC4=O)cn2)CC1. The molecule has 118 valence electrons. The van der Waals surface area contributed by atoms with Crippen molar-refractivity contribution in [2.75, 3.05) is 18.0 Å². The number of rotatable bonds is 2. The van der Waals surface area contributed by atoms with E-state index in [-0.39, 0.29) is 11.4 Å². The van der Waals surface area contributed by atoms with Crippen LogP contribution in [0.1, 0.15) is 40.7 Å². The Bertz CT molecular complexity index is 775. The van der Waals surface area contributed by atoms with Crippen molar-refractivity contribution in [3.63, 3.8) is 0 Å². The molecule has 0 bridgehead atoms. The summed E-state index contributed by atoms with van der Waals surface area (Å²) in [5, 5.41) is 7.56. The molecule has 2 aliphatic heterocycles. The predicted molar refractivity (Wildman–Crippen MR) is 79.5 cm³/mol. The van der Waals surface area contributed by atoms with Crippen molar-refractivity contribution in [1.29, 1.82) is 0 Å². The van der Waals surface area contributed by atoms with E-state index in [0.717, 1.165) is 37.7 Å². The van der Waals surface area contributed by atoms with Crippen molar-refractivity contribution >= 4 is 17.8 Å². The number of pyridine rings is 1. The highest BCUT2D eigenvalue weighted by atomic mass is 16.6. The second kappa shape index (κ2) is 5.15. The number of nitrogens with zero attached hydrogens (tertiary/aromatic N) is 5. The number of hydrogen-bond acceptors (Lipinski definition) is 7. The highest BCUT2D eigenvalue weighted by Crippen LogP contribution is 2.24. The molecule has 2 aliphatic rings. The molecule has 1 fully saturated rings. The molecule has 0 unspecified atom stereocenters. The summed E-state index contributed by atoms with van der Waals surface area (Å²) in [6.45, 7) is 4.25. The molecule has 0 saturated carbocycles. The molecule has 8 nitrogen and oxygen atoms in total. The zero-order valence-corrected chi connectivity index (χ0v) is 12.6. The molecule has 0 spiro atoms. The Balaban J connectivity index is 1.61. The molecule has 23 heavy (non-hydrogen) atoms. The van der Waals surface area contributed by atoms with Crippen molar-refractivity contribution < 1.29 is 14.3 Å². The fourth-order valence-corrected chi connectivity index (χ4v) is 2.89. The molecule has 0 amide bonds. The molecule has 2 aromatic heterocycles. The summed E-state index contributed by atoms with van der Waals surface area (Å²) in [5.41, 5.74) is 0.569. The van der Waals surface area contributed by atoms with Gasteiger partial charge in [-0.05, 0) is 30.9 Å². The van der Waals surface area contributed by atoms with Gasteiger partial charge in [0.1, 0.15) is 5.82 Å². The number of piperidine rings is 1. The summed E-state index contributed by atoms with van der Waals surface area (Å²) >= 11 is 0. The van der Waals surface area contributed by atoms with E-state index in [0.29, 0.717) is 5.69 Å². The van der Waals surface area contributed by atoms with Crippen LogP contribution in [-0.2, 0) is 4.74 Å². The topological polar surface area (TPSA) is 90.2 Å². The van der Waals surface area contributed by atoms with Crippen LogP contribution >= 0.6 is 0 Å². The van der Waals surface area contributed by atoms with Crippen molar-refractivity contribution in [3.8, 4) is 5.69 Å². The van der Waals surface area contributed by atoms with Gasteiger partial charge in [0.15, 0.2) is 5.69 Å². The Morgan fingerprint density at radius 3 is 2.65 bits per heavy atom. The van der Waals surface area contributed by atoms with Gasteiger partial charge in [-0.15, -0.1) is 5.10 Å². The fourth-order valence-electron chi connectivity index (χ4n) is 2.89. The van der Waals surface area contributed by atoms with Crippen LogP contribution in [0, 0.1) is 5.92 Å². The zero-order chi connectivity index (χ0) is 16.0. The van der Waals surface area contributed by atoms with Crippen molar-refractivity contribution in [3.05, 3.63) is 29.7 Å². The minimum absolute atomic E-state index is 0.0518. The molecular formula is C15H15N5O3. The molecule has 2 aromatic rings. The number of cyclic esters (lactones) is 2. The number of ether oxygens (including phenoxy) is 1. The molecule has 8 heteroatoms. The highest BCUT2D eigenvalue weighted by molar-refractivity contribution is 6.12. The first-order valence-corrected chi connectivity index (χ1v) is 7.57. The predicted octanol–water partition coefficient (Wildman–Crippen LogP) is 1.21. The summed E-state index contributed by atoms with van der Waals surface area (Å²) in [7, 11) is 0. The third-order valence-corrected chi connectivity index (χ3v) is 4.33. The van der Waals surface area contributed by atoms with Gasteiger partial charge in [-0.3, -0.25) is 0 Å². The number of aromatic nitrogens is 4. The van der Waals surface area contributed by atoms with Gasteiger partial charge in [-0.25, -0.2) is 19.3 Å². The van der Waals surface area contributed by atoms with Crippen LogP contribution < -0.4 is 4.90 Å². The van der Waals surface area contributed by atoms with E-state index < -0.39 is 11.9 Å². The molecular weight excluding hydrogens is 298 g/mol. The largest absolute Gasteiger partial charge is 0.383 e. The first-order valence-electron chi connectivity index (χ1n) is 7.57. The highest BCUT2D eigenvalue weighted by Gasteiger charge is 2.37. The molecule has 0 radical (unpaired) electrons. The van der Waals surface area contributed by atoms with Gasteiger partial charge >= 0.3 is 11.9 Å². The molecule has 4 heterocycles. The third-order valence-electron chi connectivity index (χ3n) is 4.33. The van der Waals surface area contributed by atoms with E-state index in [4.69, 9.17) is 0 Å². The molecule has 0 aliphatic carbocycles. The Morgan fingerprint density at radius 1 is 1.17 bits per heavy atom. The van der Waals surface area contributed by atoms with E-state index in [9.17, 15) is 9.59 Å². The fraction of sp³-hybridized carbons (Fsp3) is 0.400. The number of carbonyl (C=O) groups is 2. The van der Waals surface area contributed by atoms with E-state index in [1.807, 2.05) is 12.1 Å². The lowest BCUT2D eigenvalue weighted by atomic mass is 9.99. The van der Waals surface area contributed by atoms with E-state index in [1.165, 1.54) is 4.68 Å². The average molecular weight is 313 g/mol. The van der Waals surface area contributed by atoms with E-state index in [1.54, 1.807) is 6.20 Å². The van der Waals surface area contributed by atoms with Gasteiger partial charge < -0.3 is 9.64 Å². The quantitative estimate of drug-likeness (QED) is 0.608. The molecule has 0 aromatic carbocycles. The van der Waals surface area contributed by atoms with Crippen LogP contribution in [0.25, 0.3) is 5.69 Å². The lowest BCUT2D eigenvalue weighted by Crippen LogP contribution is -2.33. The Kier molecular flexibility index (Phi) is 3.10. The van der Waals surface area contributed by atoms with E-state index in [2.05, 4.69) is 31.9 Å². The number of fused-ring (bicyclic) bond motifs is 1. The van der Waals surface area contributed by atoms with Gasteiger partial charge in [0, 0.05) is 13.1 Å². The monoisotopic (exact) mass is 313 g/mol.